The summed E-state index contributed by atoms with van der Waals surface area (Å²) in [6, 6.07) is 0. The average Bonchev–Trinajstić information content (AvgIpc) is 2.16. The fraction of sp³-hybridized carbons (Fsp3) is 0.778. The van der Waals surface area contributed by atoms with Crippen LogP contribution in [0.1, 0.15) is 19.3 Å². The van der Waals surface area contributed by atoms with Gasteiger partial charge in [-0.05, 0) is 6.42 Å². The lowest BCUT2D eigenvalue weighted by Crippen LogP contribution is -2.30. The summed E-state index contributed by atoms with van der Waals surface area (Å²) in [6.07, 6.45) is 0.509. The van der Waals surface area contributed by atoms with Crippen LogP contribution in [0.3, 0.4) is 0 Å². The summed E-state index contributed by atoms with van der Waals surface area (Å²) in [4.78, 5) is 22.4. The van der Waals surface area contributed by atoms with Crippen LogP contribution < -0.4 is 0 Å². The van der Waals surface area contributed by atoms with Gasteiger partial charge in [0.15, 0.2) is 0 Å². The quantitative estimate of drug-likeness (QED) is 0.489. The molecular formula is C9H17NO5. The highest BCUT2D eigenvalue weighted by atomic mass is 16.4. The maximum atomic E-state index is 10.3. The van der Waals surface area contributed by atoms with Crippen LogP contribution in [0, 0.1) is 0 Å². The molecule has 0 heterocycles. The molecule has 0 radical (unpaired) electrons. The third-order valence-electron chi connectivity index (χ3n) is 1.92. The summed E-state index contributed by atoms with van der Waals surface area (Å²) in [5.41, 5.74) is 0. The first-order chi connectivity index (χ1) is 7.06. The van der Waals surface area contributed by atoms with Gasteiger partial charge in [0, 0.05) is 26.2 Å². The molecule has 0 saturated carbocycles. The maximum Gasteiger partial charge on any atom is 0.304 e. The lowest BCUT2D eigenvalue weighted by molar-refractivity contribution is -0.137. The summed E-state index contributed by atoms with van der Waals surface area (Å²) in [5, 5.41) is 25.6. The minimum atomic E-state index is -0.903. The van der Waals surface area contributed by atoms with Gasteiger partial charge in [0.05, 0.1) is 12.8 Å². The SMILES string of the molecule is O=C(O)CCN(CCCO)CCC(=O)O. The third-order valence-corrected chi connectivity index (χ3v) is 1.92. The van der Waals surface area contributed by atoms with Crippen molar-refractivity contribution >= 4 is 11.9 Å². The Morgan fingerprint density at radius 1 is 0.933 bits per heavy atom. The molecule has 0 aliphatic rings. The van der Waals surface area contributed by atoms with E-state index in [4.69, 9.17) is 15.3 Å². The van der Waals surface area contributed by atoms with E-state index in [1.165, 1.54) is 0 Å². The molecule has 0 aromatic heterocycles. The van der Waals surface area contributed by atoms with Crippen LogP contribution in [-0.4, -0.2) is 58.4 Å². The second kappa shape index (κ2) is 8.19. The van der Waals surface area contributed by atoms with Gasteiger partial charge in [-0.15, -0.1) is 0 Å². The van der Waals surface area contributed by atoms with Crippen molar-refractivity contribution in [2.45, 2.75) is 19.3 Å². The van der Waals surface area contributed by atoms with Crippen LogP contribution >= 0.6 is 0 Å². The average molecular weight is 219 g/mol. The van der Waals surface area contributed by atoms with Gasteiger partial charge in [-0.2, -0.15) is 0 Å². The highest BCUT2D eigenvalue weighted by Gasteiger charge is 2.08. The van der Waals surface area contributed by atoms with Crippen LogP contribution in [0.5, 0.6) is 0 Å². The Labute approximate surface area is 88.1 Å². The van der Waals surface area contributed by atoms with Crippen molar-refractivity contribution in [2.75, 3.05) is 26.2 Å². The van der Waals surface area contributed by atoms with Gasteiger partial charge in [-0.1, -0.05) is 0 Å². The Kier molecular flexibility index (Phi) is 7.57. The van der Waals surface area contributed by atoms with Crippen molar-refractivity contribution in [3.63, 3.8) is 0 Å². The highest BCUT2D eigenvalue weighted by molar-refractivity contribution is 5.67. The molecule has 0 rings (SSSR count). The van der Waals surface area contributed by atoms with Crippen molar-refractivity contribution in [1.29, 1.82) is 0 Å². The summed E-state index contributed by atoms with van der Waals surface area (Å²) in [6.45, 7) is 1.19. The maximum absolute atomic E-state index is 10.3. The molecule has 88 valence electrons. The first kappa shape index (κ1) is 13.9. The molecule has 3 N–H and O–H groups in total. The molecule has 0 atom stereocenters. The second-order valence-corrected chi connectivity index (χ2v) is 3.21. The summed E-state index contributed by atoms with van der Waals surface area (Å²) >= 11 is 0. The zero-order valence-corrected chi connectivity index (χ0v) is 8.56. The predicted octanol–water partition coefficient (Wildman–Crippen LogP) is -0.380. The molecule has 0 aliphatic carbocycles. The molecule has 0 saturated heterocycles. The van der Waals surface area contributed by atoms with Crippen molar-refractivity contribution < 1.29 is 24.9 Å². The molecule has 0 spiro atoms. The van der Waals surface area contributed by atoms with E-state index in [2.05, 4.69) is 0 Å². The van der Waals surface area contributed by atoms with E-state index in [0.29, 0.717) is 26.1 Å². The first-order valence-electron chi connectivity index (χ1n) is 4.83. The van der Waals surface area contributed by atoms with Gasteiger partial charge in [0.25, 0.3) is 0 Å². The molecule has 0 aliphatic heterocycles. The van der Waals surface area contributed by atoms with Crippen molar-refractivity contribution in [3.8, 4) is 0 Å². The van der Waals surface area contributed by atoms with E-state index in [0.717, 1.165) is 0 Å². The van der Waals surface area contributed by atoms with E-state index in [9.17, 15) is 9.59 Å². The number of hydrogen-bond donors (Lipinski definition) is 3. The zero-order chi connectivity index (χ0) is 11.7. The van der Waals surface area contributed by atoms with Crippen LogP contribution in [0.15, 0.2) is 0 Å². The highest BCUT2D eigenvalue weighted by Crippen LogP contribution is 1.97. The Balaban J connectivity index is 3.82. The van der Waals surface area contributed by atoms with Gasteiger partial charge in [0.1, 0.15) is 0 Å². The normalized spacial score (nSPS) is 10.5. The van der Waals surface area contributed by atoms with Gasteiger partial charge >= 0.3 is 11.9 Å². The number of rotatable bonds is 9. The summed E-state index contributed by atoms with van der Waals surface area (Å²) in [5.74, 6) is -1.81. The van der Waals surface area contributed by atoms with Gasteiger partial charge in [-0.25, -0.2) is 0 Å². The fourth-order valence-corrected chi connectivity index (χ4v) is 1.14. The number of carbonyl (C=O) groups is 2. The number of carboxylic acid groups (broad SMARTS) is 2. The lowest BCUT2D eigenvalue weighted by Gasteiger charge is -2.19. The van der Waals surface area contributed by atoms with E-state index in [-0.39, 0.29) is 19.4 Å². The molecule has 6 heteroatoms. The molecular weight excluding hydrogens is 202 g/mol. The van der Waals surface area contributed by atoms with E-state index < -0.39 is 11.9 Å². The monoisotopic (exact) mass is 219 g/mol. The van der Waals surface area contributed by atoms with Crippen LogP contribution in [0.4, 0.5) is 0 Å². The summed E-state index contributed by atoms with van der Waals surface area (Å²) in [7, 11) is 0. The molecule has 0 aromatic carbocycles. The fourth-order valence-electron chi connectivity index (χ4n) is 1.14. The van der Waals surface area contributed by atoms with Crippen molar-refractivity contribution in [1.82, 2.24) is 4.90 Å². The number of carboxylic acids is 2. The minimum Gasteiger partial charge on any atom is -0.481 e. The number of aliphatic hydroxyl groups is 1. The third kappa shape index (κ3) is 9.17. The van der Waals surface area contributed by atoms with E-state index >= 15 is 0 Å². The molecule has 0 amide bonds. The van der Waals surface area contributed by atoms with E-state index in [1.54, 1.807) is 4.90 Å². The predicted molar refractivity (Wildman–Crippen MR) is 52.6 cm³/mol. The zero-order valence-electron chi connectivity index (χ0n) is 8.56. The van der Waals surface area contributed by atoms with Gasteiger partial charge in [0.2, 0.25) is 0 Å². The lowest BCUT2D eigenvalue weighted by atomic mass is 10.3. The molecule has 0 fully saturated rings. The Hall–Kier alpha value is -1.14. The van der Waals surface area contributed by atoms with Crippen LogP contribution in [0.2, 0.25) is 0 Å². The Bertz CT molecular complexity index is 189. The first-order valence-corrected chi connectivity index (χ1v) is 4.83. The molecule has 0 bridgehead atoms. The number of hydrogen-bond acceptors (Lipinski definition) is 4. The smallest absolute Gasteiger partial charge is 0.304 e. The minimum absolute atomic E-state index is 0.00888. The van der Waals surface area contributed by atoms with Gasteiger partial charge in [-0.3, -0.25) is 9.59 Å². The largest absolute Gasteiger partial charge is 0.481 e. The Morgan fingerprint density at radius 3 is 1.73 bits per heavy atom. The van der Waals surface area contributed by atoms with Crippen LogP contribution in [0.25, 0.3) is 0 Å². The molecule has 15 heavy (non-hydrogen) atoms. The molecule has 0 unspecified atom stereocenters. The standard InChI is InChI=1S/C9H17NO5/c11-7-1-4-10(5-2-8(12)13)6-3-9(14)15/h11H,1-7H2,(H,12,13)(H,14,15). The van der Waals surface area contributed by atoms with Crippen molar-refractivity contribution in [3.05, 3.63) is 0 Å². The van der Waals surface area contributed by atoms with Gasteiger partial charge < -0.3 is 20.2 Å². The van der Waals surface area contributed by atoms with Crippen LogP contribution in [-0.2, 0) is 9.59 Å². The van der Waals surface area contributed by atoms with E-state index in [1.807, 2.05) is 0 Å². The molecule has 0 aromatic rings. The topological polar surface area (TPSA) is 98.1 Å². The summed E-state index contributed by atoms with van der Waals surface area (Å²) < 4.78 is 0. The molecule has 6 nitrogen and oxygen atoms in total. The number of aliphatic carboxylic acids is 2. The number of nitrogens with zero attached hydrogens (tertiary/aromatic N) is 1. The Morgan fingerprint density at radius 2 is 1.40 bits per heavy atom. The number of aliphatic hydroxyl groups excluding tert-OH is 1. The second-order valence-electron chi connectivity index (χ2n) is 3.21. The van der Waals surface area contributed by atoms with Crippen molar-refractivity contribution in [2.24, 2.45) is 0 Å².